The number of Topliss-reactive ketones (excluding diaryl/α,β-unsaturated/α-hetero) is 1. The highest BCUT2D eigenvalue weighted by molar-refractivity contribution is 7.96. The maximum Gasteiger partial charge on any atom is 0.203 e. The minimum atomic E-state index is -4.05. The zero-order chi connectivity index (χ0) is 20.2. The fraction of sp³-hybridized carbons (Fsp3) is 0.286. The fourth-order valence-electron chi connectivity index (χ4n) is 4.64. The minimum Gasteiger partial charge on any atom is -0.298 e. The van der Waals surface area contributed by atoms with Crippen LogP contribution >= 0.6 is 0 Å². The first-order chi connectivity index (χ1) is 13.2. The number of benzene rings is 2. The molecule has 0 aromatic heterocycles. The number of ketones is 1. The van der Waals surface area contributed by atoms with Gasteiger partial charge in [0, 0.05) is 12.3 Å². The van der Waals surface area contributed by atoms with Crippen molar-refractivity contribution in [1.82, 2.24) is 0 Å². The standard InChI is InChI=1S/C21H20O5S2/c1-15-14-21(28(25,26)17-10-6-3-7-11-17)18(12-13-19(21)22)20(15)27(23,24)16-8-4-2-5-9-16/h2-11,18H,12-14H2,1H3/t18-,21-/m0/s1. The van der Waals surface area contributed by atoms with Crippen molar-refractivity contribution in [2.45, 2.75) is 40.7 Å². The van der Waals surface area contributed by atoms with Crippen molar-refractivity contribution in [2.24, 2.45) is 5.92 Å². The van der Waals surface area contributed by atoms with Crippen LogP contribution in [0.2, 0.25) is 0 Å². The van der Waals surface area contributed by atoms with Crippen molar-refractivity contribution in [3.8, 4) is 0 Å². The van der Waals surface area contributed by atoms with E-state index in [0.29, 0.717) is 5.57 Å². The molecule has 0 amide bonds. The molecule has 0 saturated heterocycles. The molecule has 2 aliphatic carbocycles. The Kier molecular flexibility index (Phi) is 4.35. The zero-order valence-electron chi connectivity index (χ0n) is 15.3. The number of hydrogen-bond acceptors (Lipinski definition) is 5. The summed E-state index contributed by atoms with van der Waals surface area (Å²) >= 11 is 0. The van der Waals surface area contributed by atoms with Crippen molar-refractivity contribution in [1.29, 1.82) is 0 Å². The van der Waals surface area contributed by atoms with Crippen LogP contribution in [0.3, 0.4) is 0 Å². The number of hydrogen-bond donors (Lipinski definition) is 0. The first kappa shape index (κ1) is 19.1. The molecule has 0 unspecified atom stereocenters. The highest BCUT2D eigenvalue weighted by atomic mass is 32.2. The molecule has 2 atom stereocenters. The van der Waals surface area contributed by atoms with Gasteiger partial charge in [-0.25, -0.2) is 16.8 Å². The Morgan fingerprint density at radius 2 is 1.39 bits per heavy atom. The molecule has 2 aromatic rings. The molecule has 4 rings (SSSR count). The molecule has 0 bridgehead atoms. The van der Waals surface area contributed by atoms with E-state index in [4.69, 9.17) is 0 Å². The van der Waals surface area contributed by atoms with Crippen molar-refractivity contribution < 1.29 is 21.6 Å². The van der Waals surface area contributed by atoms with Crippen LogP contribution in [0, 0.1) is 5.92 Å². The lowest BCUT2D eigenvalue weighted by Gasteiger charge is -2.29. The molecule has 0 N–H and O–H groups in total. The summed E-state index contributed by atoms with van der Waals surface area (Å²) in [5.41, 5.74) is 0.460. The molecule has 5 nitrogen and oxygen atoms in total. The van der Waals surface area contributed by atoms with Crippen molar-refractivity contribution in [3.05, 3.63) is 71.1 Å². The molecule has 146 valence electrons. The highest BCUT2D eigenvalue weighted by Gasteiger charge is 2.65. The van der Waals surface area contributed by atoms with Gasteiger partial charge in [0.15, 0.2) is 15.6 Å². The Labute approximate surface area is 164 Å². The molecular weight excluding hydrogens is 396 g/mol. The molecule has 0 heterocycles. The Hall–Kier alpha value is -2.25. The van der Waals surface area contributed by atoms with Crippen LogP contribution in [0.5, 0.6) is 0 Å². The van der Waals surface area contributed by atoms with Gasteiger partial charge in [0.1, 0.15) is 4.75 Å². The van der Waals surface area contributed by atoms with E-state index in [1.807, 2.05) is 0 Å². The van der Waals surface area contributed by atoms with E-state index in [9.17, 15) is 21.6 Å². The Balaban J connectivity index is 1.90. The number of fused-ring (bicyclic) bond motifs is 1. The van der Waals surface area contributed by atoms with Crippen LogP contribution < -0.4 is 0 Å². The smallest absolute Gasteiger partial charge is 0.203 e. The topological polar surface area (TPSA) is 85.3 Å². The monoisotopic (exact) mass is 416 g/mol. The van der Waals surface area contributed by atoms with Gasteiger partial charge in [0.05, 0.1) is 14.7 Å². The summed E-state index contributed by atoms with van der Waals surface area (Å²) in [7, 11) is -7.93. The maximum absolute atomic E-state index is 13.6. The molecule has 7 heteroatoms. The van der Waals surface area contributed by atoms with E-state index in [2.05, 4.69) is 0 Å². The van der Waals surface area contributed by atoms with E-state index < -0.39 is 30.3 Å². The van der Waals surface area contributed by atoms with Crippen molar-refractivity contribution >= 4 is 25.5 Å². The second kappa shape index (κ2) is 6.39. The largest absolute Gasteiger partial charge is 0.298 e. The minimum absolute atomic E-state index is 0.0569. The lowest BCUT2D eigenvalue weighted by molar-refractivity contribution is -0.119. The molecule has 0 aliphatic heterocycles. The lowest BCUT2D eigenvalue weighted by Crippen LogP contribution is -2.46. The summed E-state index contributed by atoms with van der Waals surface area (Å²) < 4.78 is 52.1. The highest BCUT2D eigenvalue weighted by Crippen LogP contribution is 2.56. The molecule has 2 aromatic carbocycles. The second-order valence-corrected chi connectivity index (χ2v) is 11.5. The molecular formula is C21H20O5S2. The summed E-state index contributed by atoms with van der Waals surface area (Å²) in [6, 6.07) is 15.8. The second-order valence-electron chi connectivity index (χ2n) is 7.36. The first-order valence-electron chi connectivity index (χ1n) is 9.05. The van der Waals surface area contributed by atoms with E-state index in [-0.39, 0.29) is 39.7 Å². The Morgan fingerprint density at radius 1 is 0.857 bits per heavy atom. The average Bonchev–Trinajstić information content (AvgIpc) is 3.18. The van der Waals surface area contributed by atoms with Gasteiger partial charge in [-0.15, -0.1) is 0 Å². The number of rotatable bonds is 4. The summed E-state index contributed by atoms with van der Waals surface area (Å²) in [4.78, 5) is 13.2. The Bertz CT molecular complexity index is 1180. The van der Waals surface area contributed by atoms with Crippen LogP contribution in [-0.4, -0.2) is 27.4 Å². The van der Waals surface area contributed by atoms with E-state index in [1.54, 1.807) is 43.3 Å². The molecule has 1 saturated carbocycles. The number of carbonyl (C=O) groups is 1. The Morgan fingerprint density at radius 3 is 1.96 bits per heavy atom. The van der Waals surface area contributed by atoms with Crippen molar-refractivity contribution in [3.63, 3.8) is 0 Å². The molecule has 2 aliphatic rings. The zero-order valence-corrected chi connectivity index (χ0v) is 17.0. The molecule has 1 fully saturated rings. The lowest BCUT2D eigenvalue weighted by atomic mass is 9.97. The van der Waals surface area contributed by atoms with E-state index in [1.165, 1.54) is 24.3 Å². The fourth-order valence-corrected chi connectivity index (χ4v) is 9.07. The van der Waals surface area contributed by atoms with Gasteiger partial charge in [-0.05, 0) is 44.0 Å². The first-order valence-corrected chi connectivity index (χ1v) is 12.0. The summed E-state index contributed by atoms with van der Waals surface area (Å²) in [5, 5.41) is 0. The van der Waals surface area contributed by atoms with Crippen LogP contribution in [0.4, 0.5) is 0 Å². The number of sulfone groups is 2. The van der Waals surface area contributed by atoms with Crippen LogP contribution in [0.25, 0.3) is 0 Å². The third-order valence-electron chi connectivity index (χ3n) is 5.84. The predicted molar refractivity (Wildman–Crippen MR) is 105 cm³/mol. The third kappa shape index (κ3) is 2.46. The van der Waals surface area contributed by atoms with Crippen LogP contribution in [0.1, 0.15) is 26.2 Å². The van der Waals surface area contributed by atoms with Gasteiger partial charge in [0.25, 0.3) is 0 Å². The van der Waals surface area contributed by atoms with Gasteiger partial charge in [-0.2, -0.15) is 0 Å². The van der Waals surface area contributed by atoms with Crippen LogP contribution in [0.15, 0.2) is 80.9 Å². The molecule has 0 radical (unpaired) electrons. The van der Waals surface area contributed by atoms with Crippen molar-refractivity contribution in [2.75, 3.05) is 0 Å². The van der Waals surface area contributed by atoms with Gasteiger partial charge in [-0.3, -0.25) is 4.79 Å². The SMILES string of the molecule is CC1=C(S(=O)(=O)c2ccccc2)[C@@H]2CCC(=O)[C@]2(S(=O)(=O)c2ccccc2)C1. The van der Waals surface area contributed by atoms with Crippen LogP contribution in [-0.2, 0) is 24.5 Å². The quantitative estimate of drug-likeness (QED) is 0.763. The van der Waals surface area contributed by atoms with Gasteiger partial charge in [-0.1, -0.05) is 42.0 Å². The van der Waals surface area contributed by atoms with Gasteiger partial charge in [0.2, 0.25) is 9.84 Å². The van der Waals surface area contributed by atoms with E-state index >= 15 is 0 Å². The number of carbonyl (C=O) groups excluding carboxylic acids is 1. The number of allylic oxidation sites excluding steroid dienone is 2. The van der Waals surface area contributed by atoms with Gasteiger partial charge < -0.3 is 0 Å². The summed E-state index contributed by atoms with van der Waals surface area (Å²) in [5.74, 6) is -1.24. The molecule has 28 heavy (non-hydrogen) atoms. The predicted octanol–water partition coefficient (Wildman–Crippen LogP) is 3.33. The van der Waals surface area contributed by atoms with E-state index in [0.717, 1.165) is 0 Å². The summed E-state index contributed by atoms with van der Waals surface area (Å²) in [6.07, 6.45) is 0.219. The van der Waals surface area contributed by atoms with Gasteiger partial charge >= 0.3 is 0 Å². The molecule has 0 spiro atoms. The average molecular weight is 417 g/mol. The third-order valence-corrected chi connectivity index (χ3v) is 10.4. The maximum atomic E-state index is 13.6. The summed E-state index contributed by atoms with van der Waals surface area (Å²) in [6.45, 7) is 1.63. The normalized spacial score (nSPS) is 25.2.